The molecule has 0 aliphatic heterocycles. The highest BCUT2D eigenvalue weighted by atomic mass is 35.5. The van der Waals surface area contributed by atoms with E-state index in [0.717, 1.165) is 0 Å². The van der Waals surface area contributed by atoms with Gasteiger partial charge in [0.25, 0.3) is 0 Å². The maximum atomic E-state index is 15.0. The van der Waals surface area contributed by atoms with Crippen molar-refractivity contribution in [2.45, 2.75) is 31.1 Å². The average molecular weight is 788 g/mol. The van der Waals surface area contributed by atoms with Gasteiger partial charge in [0, 0.05) is 98.1 Å². The SMILES string of the molecule is COC1(OC)[C@@]2(Cl)C(Cl)=C(Cl)[C@]1(Cl)[C@H]1[C@@H]2[C@H]2C=C[C@@H]1C1=C2C(=O)C2=C(C1=O)[C@@H]1C=C[C@H]2[C@@H]2[C@@H]1[C@]1(Cl)C(Cl)=C(Cl)[C@@]2(Cl)C1(OC)OC. The number of alkyl halides is 4. The number of carbonyl (C=O) groups excluding carboxylic acids is 2. The Bertz CT molecular complexity index is 1580. The summed E-state index contributed by atoms with van der Waals surface area (Å²) in [5.74, 6) is -8.81. The molecule has 0 spiro atoms. The minimum absolute atomic E-state index is 0.100. The molecule has 0 aromatic heterocycles. The zero-order valence-corrected chi connectivity index (χ0v) is 30.4. The van der Waals surface area contributed by atoms with E-state index in [9.17, 15) is 0 Å². The van der Waals surface area contributed by atoms with Gasteiger partial charge in [0.05, 0.1) is 20.1 Å². The smallest absolute Gasteiger partial charge is 0.217 e. The van der Waals surface area contributed by atoms with Crippen LogP contribution in [0, 0.1) is 47.3 Å². The van der Waals surface area contributed by atoms with E-state index in [0.29, 0.717) is 22.3 Å². The molecule has 0 unspecified atom stereocenters. The van der Waals surface area contributed by atoms with Crippen LogP contribution >= 0.6 is 92.8 Å². The zero-order chi connectivity index (χ0) is 33.0. The fourth-order valence-corrected chi connectivity index (χ4v) is 16.2. The van der Waals surface area contributed by atoms with Crippen molar-refractivity contribution in [1.29, 1.82) is 0 Å². The van der Waals surface area contributed by atoms with Crippen molar-refractivity contribution in [3.63, 3.8) is 0 Å². The van der Waals surface area contributed by atoms with Gasteiger partial charge in [-0.05, 0) is 0 Å². The number of fused-ring (bicyclic) bond motifs is 4. The number of ether oxygens (including phenoxy) is 4. The molecule has 6 nitrogen and oxygen atoms in total. The van der Waals surface area contributed by atoms with Crippen molar-refractivity contribution in [3.8, 4) is 0 Å². The van der Waals surface area contributed by atoms with E-state index < -0.39 is 78.4 Å². The molecular formula is C32H24Cl8O6. The van der Waals surface area contributed by atoms with Crippen LogP contribution in [0.15, 0.2) is 66.7 Å². The first-order valence-electron chi connectivity index (χ1n) is 14.7. The van der Waals surface area contributed by atoms with Crippen LogP contribution in [0.1, 0.15) is 0 Å². The molecule has 0 aromatic rings. The molecule has 0 N–H and O–H groups in total. The van der Waals surface area contributed by atoms with E-state index in [2.05, 4.69) is 0 Å². The van der Waals surface area contributed by atoms with Crippen LogP contribution in [0.25, 0.3) is 0 Å². The van der Waals surface area contributed by atoms with Crippen LogP contribution in [-0.2, 0) is 28.5 Å². The van der Waals surface area contributed by atoms with Crippen LogP contribution in [0.5, 0.6) is 0 Å². The number of allylic oxidation sites excluding steroid dienone is 8. The summed E-state index contributed by atoms with van der Waals surface area (Å²) in [7, 11) is 5.72. The fourth-order valence-electron chi connectivity index (χ4n) is 11.6. The van der Waals surface area contributed by atoms with Crippen molar-refractivity contribution in [2.24, 2.45) is 47.3 Å². The zero-order valence-electron chi connectivity index (χ0n) is 24.4. The molecule has 8 bridgehead atoms. The Hall–Kier alpha value is -0.0600. The molecule has 0 radical (unpaired) electrons. The molecule has 11 rings (SSSR count). The normalized spacial score (nSPS) is 50.8. The second kappa shape index (κ2) is 9.05. The summed E-state index contributed by atoms with van der Waals surface area (Å²) in [6.07, 6.45) is 7.65. The van der Waals surface area contributed by atoms with Crippen LogP contribution in [0.2, 0.25) is 0 Å². The van der Waals surface area contributed by atoms with Gasteiger partial charge in [0.15, 0.2) is 11.6 Å². The molecule has 14 heteroatoms. The van der Waals surface area contributed by atoms with E-state index in [-0.39, 0.29) is 31.7 Å². The molecule has 0 amide bonds. The van der Waals surface area contributed by atoms with E-state index in [1.54, 1.807) is 0 Å². The summed E-state index contributed by atoms with van der Waals surface area (Å²) in [6, 6.07) is 0. The summed E-state index contributed by atoms with van der Waals surface area (Å²) < 4.78 is 24.0. The molecular weight excluding hydrogens is 764 g/mol. The third-order valence-electron chi connectivity index (χ3n) is 12.8. The van der Waals surface area contributed by atoms with Crippen LogP contribution < -0.4 is 0 Å². The van der Waals surface area contributed by atoms with Gasteiger partial charge in [0.2, 0.25) is 11.6 Å². The first-order valence-corrected chi connectivity index (χ1v) is 17.7. The molecule has 2 saturated carbocycles. The number of carbonyl (C=O) groups is 2. The van der Waals surface area contributed by atoms with Gasteiger partial charge in [-0.15, -0.1) is 46.4 Å². The Balaban J connectivity index is 1.23. The van der Waals surface area contributed by atoms with Crippen molar-refractivity contribution >= 4 is 104 Å². The van der Waals surface area contributed by atoms with Crippen molar-refractivity contribution in [3.05, 3.63) is 66.7 Å². The first-order chi connectivity index (χ1) is 21.6. The first kappa shape index (κ1) is 31.9. The van der Waals surface area contributed by atoms with Gasteiger partial charge >= 0.3 is 0 Å². The van der Waals surface area contributed by atoms with Crippen molar-refractivity contribution < 1.29 is 28.5 Å². The summed E-state index contributed by atoms with van der Waals surface area (Å²) in [5, 5.41) is 0.400. The quantitative estimate of drug-likeness (QED) is 0.131. The Morgan fingerprint density at radius 1 is 0.457 bits per heavy atom. The largest absolute Gasteiger partial charge is 0.350 e. The third kappa shape index (κ3) is 2.56. The third-order valence-corrected chi connectivity index (χ3v) is 18.1. The standard InChI is InChI=1S/C32H24Cl8O6/c1-43-31(44-2)27(37)17-9-5-6-10(18(17)28(31,38)24(34)23(27)33)14-13(9)21(41)15-11-7-8-12(16(15)22(14)42)20-19(11)29(39)25(35)26(36)30(20,40)32(29,45-3)46-4/h5-12,17-20H,1-4H3/t9-,10+,11+,12-,17-,18-,19+,20-,27-,28+,29+,30-/m1/s1. The van der Waals surface area contributed by atoms with Crippen molar-refractivity contribution in [2.75, 3.05) is 28.4 Å². The molecule has 46 heavy (non-hydrogen) atoms. The second-order valence-corrected chi connectivity index (χ2v) is 17.3. The summed E-state index contributed by atoms with van der Waals surface area (Å²) in [6.45, 7) is 0. The molecule has 12 atom stereocenters. The number of methoxy groups -OCH3 is 4. The van der Waals surface area contributed by atoms with Gasteiger partial charge in [0.1, 0.15) is 19.5 Å². The summed E-state index contributed by atoms with van der Waals surface area (Å²) in [5.41, 5.74) is 1.45. The number of halogens is 8. The van der Waals surface area contributed by atoms with E-state index in [4.69, 9.17) is 112 Å². The van der Waals surface area contributed by atoms with Crippen molar-refractivity contribution in [1.82, 2.24) is 0 Å². The molecule has 0 saturated heterocycles. The van der Waals surface area contributed by atoms with Gasteiger partial charge < -0.3 is 18.9 Å². The van der Waals surface area contributed by atoms with Gasteiger partial charge in [-0.1, -0.05) is 70.7 Å². The van der Waals surface area contributed by atoms with Crippen LogP contribution in [0.3, 0.4) is 0 Å². The Kier molecular flexibility index (Phi) is 6.27. The lowest BCUT2D eigenvalue weighted by atomic mass is 9.48. The Morgan fingerprint density at radius 2 is 0.652 bits per heavy atom. The predicted molar refractivity (Wildman–Crippen MR) is 176 cm³/mol. The molecule has 0 heterocycles. The van der Waals surface area contributed by atoms with Gasteiger partial charge in [-0.3, -0.25) is 9.59 Å². The maximum absolute atomic E-state index is 15.0. The predicted octanol–water partition coefficient (Wildman–Crippen LogP) is 7.15. The van der Waals surface area contributed by atoms with Crippen LogP contribution in [0.4, 0.5) is 0 Å². The van der Waals surface area contributed by atoms with Gasteiger partial charge in [-0.25, -0.2) is 0 Å². The Morgan fingerprint density at radius 3 is 0.826 bits per heavy atom. The second-order valence-electron chi connectivity index (χ2n) is 13.4. The number of hydrogen-bond acceptors (Lipinski definition) is 6. The molecule has 11 aliphatic carbocycles. The highest BCUT2D eigenvalue weighted by Crippen LogP contribution is 2.82. The lowest BCUT2D eigenvalue weighted by molar-refractivity contribution is -0.221. The number of ketones is 2. The monoisotopic (exact) mass is 784 g/mol. The topological polar surface area (TPSA) is 71.1 Å². The lowest BCUT2D eigenvalue weighted by Gasteiger charge is -2.55. The molecule has 2 fully saturated rings. The van der Waals surface area contributed by atoms with E-state index in [1.807, 2.05) is 24.3 Å². The van der Waals surface area contributed by atoms with E-state index >= 15 is 9.59 Å². The van der Waals surface area contributed by atoms with E-state index in [1.165, 1.54) is 28.4 Å². The molecule has 244 valence electrons. The summed E-state index contributed by atoms with van der Waals surface area (Å²) in [4.78, 5) is 23.8. The number of hydrogen-bond donors (Lipinski definition) is 0. The fraction of sp³-hybridized carbons (Fsp3) is 0.562. The van der Waals surface area contributed by atoms with Gasteiger partial charge in [-0.2, -0.15) is 0 Å². The minimum Gasteiger partial charge on any atom is -0.350 e. The highest BCUT2D eigenvalue weighted by Gasteiger charge is 2.89. The number of Topliss-reactive ketones (excluding diaryl/α,β-unsaturated/α-hetero) is 2. The summed E-state index contributed by atoms with van der Waals surface area (Å²) >= 11 is 57.5. The van der Waals surface area contributed by atoms with Crippen LogP contribution in [-0.4, -0.2) is 71.1 Å². The average Bonchev–Trinajstić information content (AvgIpc) is 3.49. The molecule has 0 aromatic carbocycles. The molecule has 11 aliphatic rings. The Labute approximate surface area is 304 Å². The maximum Gasteiger partial charge on any atom is 0.217 e. The lowest BCUT2D eigenvalue weighted by Crippen LogP contribution is -2.57. The highest BCUT2D eigenvalue weighted by molar-refractivity contribution is 6.53. The number of rotatable bonds is 4. The minimum atomic E-state index is -1.68.